The standard InChI is InChI=1S/C31H44O/c1-3-5-8-24-32-25-29-18-22-31(23-19-29)30-20-16-28(17-21-30)11-7-6-10-27-14-12-26(9-4-2)13-15-27/h4,16-23,26-27H,2-3,5-15,24-25H2,1H3. The molecule has 0 heterocycles. The quantitative estimate of drug-likeness (QED) is 0.213. The molecule has 3 rings (SSSR count). The molecule has 0 amide bonds. The average Bonchev–Trinajstić information content (AvgIpc) is 2.84. The molecular weight excluding hydrogens is 388 g/mol. The van der Waals surface area contributed by atoms with Gasteiger partial charge in [-0.05, 0) is 72.6 Å². The van der Waals surface area contributed by atoms with Gasteiger partial charge in [-0.2, -0.15) is 0 Å². The van der Waals surface area contributed by atoms with Crippen molar-refractivity contribution in [2.75, 3.05) is 6.61 Å². The number of hydrogen-bond acceptors (Lipinski definition) is 1. The molecule has 0 aliphatic heterocycles. The van der Waals surface area contributed by atoms with Crippen LogP contribution in [0.3, 0.4) is 0 Å². The SMILES string of the molecule is C=CCC1CCC(CCCCc2ccc(-c3ccc(COCCCCC)cc3)cc2)CC1. The van der Waals surface area contributed by atoms with Gasteiger partial charge in [-0.25, -0.2) is 0 Å². The molecule has 1 saturated carbocycles. The first-order chi connectivity index (χ1) is 15.8. The second-order valence-corrected chi connectivity index (χ2v) is 9.81. The zero-order chi connectivity index (χ0) is 22.4. The second kappa shape index (κ2) is 14.3. The minimum absolute atomic E-state index is 0.721. The van der Waals surface area contributed by atoms with Gasteiger partial charge in [-0.1, -0.05) is 100 Å². The maximum atomic E-state index is 5.78. The van der Waals surface area contributed by atoms with Gasteiger partial charge in [-0.15, -0.1) is 6.58 Å². The Hall–Kier alpha value is -1.86. The van der Waals surface area contributed by atoms with E-state index in [1.807, 2.05) is 0 Å². The number of hydrogen-bond donors (Lipinski definition) is 0. The predicted molar refractivity (Wildman–Crippen MR) is 139 cm³/mol. The summed E-state index contributed by atoms with van der Waals surface area (Å²) in [5.41, 5.74) is 5.33. The van der Waals surface area contributed by atoms with Crippen molar-refractivity contribution in [3.8, 4) is 11.1 Å². The summed E-state index contributed by atoms with van der Waals surface area (Å²) in [6.45, 7) is 7.72. The molecule has 0 saturated heterocycles. The summed E-state index contributed by atoms with van der Waals surface area (Å²) >= 11 is 0. The second-order valence-electron chi connectivity index (χ2n) is 9.81. The van der Waals surface area contributed by atoms with Crippen LogP contribution in [0.25, 0.3) is 11.1 Å². The minimum Gasteiger partial charge on any atom is -0.377 e. The van der Waals surface area contributed by atoms with Gasteiger partial charge in [0.2, 0.25) is 0 Å². The van der Waals surface area contributed by atoms with Crippen LogP contribution in [0.4, 0.5) is 0 Å². The first-order valence-electron chi connectivity index (χ1n) is 13.2. The fraction of sp³-hybridized carbons (Fsp3) is 0.548. The van der Waals surface area contributed by atoms with Gasteiger partial charge >= 0.3 is 0 Å². The van der Waals surface area contributed by atoms with Crippen LogP contribution in [0, 0.1) is 11.8 Å². The molecule has 0 spiro atoms. The molecule has 0 radical (unpaired) electrons. The van der Waals surface area contributed by atoms with Crippen molar-refractivity contribution in [3.63, 3.8) is 0 Å². The molecule has 0 bridgehead atoms. The third-order valence-electron chi connectivity index (χ3n) is 7.20. The lowest BCUT2D eigenvalue weighted by Crippen LogP contribution is -2.14. The van der Waals surface area contributed by atoms with Crippen molar-refractivity contribution >= 4 is 0 Å². The smallest absolute Gasteiger partial charge is 0.0716 e. The number of unbranched alkanes of at least 4 members (excludes halogenated alkanes) is 3. The molecule has 0 aromatic heterocycles. The Morgan fingerprint density at radius 2 is 1.41 bits per heavy atom. The first-order valence-corrected chi connectivity index (χ1v) is 13.2. The van der Waals surface area contributed by atoms with Crippen molar-refractivity contribution in [1.82, 2.24) is 0 Å². The van der Waals surface area contributed by atoms with Gasteiger partial charge < -0.3 is 4.74 Å². The summed E-state index contributed by atoms with van der Waals surface area (Å²) in [5, 5.41) is 0. The number of aryl methyl sites for hydroxylation is 1. The Bertz CT molecular complexity index is 750. The Morgan fingerprint density at radius 3 is 2.03 bits per heavy atom. The summed E-state index contributed by atoms with van der Waals surface area (Å²) < 4.78 is 5.78. The van der Waals surface area contributed by atoms with Crippen molar-refractivity contribution in [1.29, 1.82) is 0 Å². The molecule has 174 valence electrons. The molecule has 32 heavy (non-hydrogen) atoms. The highest BCUT2D eigenvalue weighted by Crippen LogP contribution is 2.33. The van der Waals surface area contributed by atoms with Crippen LogP contribution in [-0.4, -0.2) is 6.61 Å². The van der Waals surface area contributed by atoms with Gasteiger partial charge in [0.25, 0.3) is 0 Å². The Balaban J connectivity index is 1.34. The van der Waals surface area contributed by atoms with E-state index in [-0.39, 0.29) is 0 Å². The van der Waals surface area contributed by atoms with Crippen molar-refractivity contribution in [3.05, 3.63) is 72.3 Å². The largest absolute Gasteiger partial charge is 0.377 e. The minimum atomic E-state index is 0.721. The van der Waals surface area contributed by atoms with Crippen LogP contribution in [0.2, 0.25) is 0 Å². The lowest BCUT2D eigenvalue weighted by Gasteiger charge is -2.27. The third kappa shape index (κ3) is 8.58. The first kappa shape index (κ1) is 24.8. The third-order valence-corrected chi connectivity index (χ3v) is 7.20. The lowest BCUT2D eigenvalue weighted by molar-refractivity contribution is 0.117. The normalized spacial score (nSPS) is 18.5. The monoisotopic (exact) mass is 432 g/mol. The van der Waals surface area contributed by atoms with Gasteiger partial charge in [0, 0.05) is 6.61 Å². The highest BCUT2D eigenvalue weighted by Gasteiger charge is 2.19. The van der Waals surface area contributed by atoms with E-state index in [9.17, 15) is 0 Å². The molecular formula is C31H44O. The summed E-state index contributed by atoms with van der Waals surface area (Å²) in [5.74, 6) is 1.89. The van der Waals surface area contributed by atoms with Crippen molar-refractivity contribution in [2.45, 2.75) is 90.6 Å². The van der Waals surface area contributed by atoms with Gasteiger partial charge in [0.1, 0.15) is 0 Å². The van der Waals surface area contributed by atoms with Crippen LogP contribution in [0.5, 0.6) is 0 Å². The van der Waals surface area contributed by atoms with E-state index in [1.165, 1.54) is 92.9 Å². The zero-order valence-corrected chi connectivity index (χ0v) is 20.4. The summed E-state index contributed by atoms with van der Waals surface area (Å²) in [4.78, 5) is 0. The van der Waals surface area contributed by atoms with Crippen LogP contribution < -0.4 is 0 Å². The van der Waals surface area contributed by atoms with E-state index in [4.69, 9.17) is 4.74 Å². The molecule has 0 atom stereocenters. The van der Waals surface area contributed by atoms with E-state index in [0.29, 0.717) is 0 Å². The van der Waals surface area contributed by atoms with E-state index in [2.05, 4.69) is 68.1 Å². The van der Waals surface area contributed by atoms with E-state index < -0.39 is 0 Å². The summed E-state index contributed by atoms with van der Waals surface area (Å²) in [6.07, 6.45) is 18.0. The average molecular weight is 433 g/mol. The number of rotatable bonds is 14. The Morgan fingerprint density at radius 1 is 0.781 bits per heavy atom. The maximum absolute atomic E-state index is 5.78. The van der Waals surface area contributed by atoms with E-state index in [1.54, 1.807) is 0 Å². The Labute approximate surface area is 197 Å². The van der Waals surface area contributed by atoms with E-state index in [0.717, 1.165) is 31.5 Å². The van der Waals surface area contributed by atoms with Gasteiger partial charge in [-0.3, -0.25) is 0 Å². The lowest BCUT2D eigenvalue weighted by atomic mass is 9.78. The fourth-order valence-corrected chi connectivity index (χ4v) is 5.06. The highest BCUT2D eigenvalue weighted by atomic mass is 16.5. The van der Waals surface area contributed by atoms with Gasteiger partial charge in [0.05, 0.1) is 6.61 Å². The number of ether oxygens (including phenoxy) is 1. The summed E-state index contributed by atoms with van der Waals surface area (Å²) in [7, 11) is 0. The molecule has 2 aromatic carbocycles. The molecule has 1 aliphatic carbocycles. The van der Waals surface area contributed by atoms with Crippen molar-refractivity contribution < 1.29 is 4.74 Å². The van der Waals surface area contributed by atoms with Crippen LogP contribution >= 0.6 is 0 Å². The topological polar surface area (TPSA) is 9.23 Å². The molecule has 0 unspecified atom stereocenters. The number of allylic oxidation sites excluding steroid dienone is 1. The maximum Gasteiger partial charge on any atom is 0.0716 e. The highest BCUT2D eigenvalue weighted by molar-refractivity contribution is 5.63. The van der Waals surface area contributed by atoms with E-state index >= 15 is 0 Å². The fourth-order valence-electron chi connectivity index (χ4n) is 5.06. The molecule has 0 N–H and O–H groups in total. The molecule has 2 aromatic rings. The van der Waals surface area contributed by atoms with Crippen molar-refractivity contribution in [2.24, 2.45) is 11.8 Å². The van der Waals surface area contributed by atoms with Crippen LogP contribution in [0.1, 0.15) is 88.7 Å². The summed E-state index contributed by atoms with van der Waals surface area (Å²) in [6, 6.07) is 18.1. The van der Waals surface area contributed by atoms with Gasteiger partial charge in [0.15, 0.2) is 0 Å². The molecule has 1 heteroatoms. The molecule has 1 nitrogen and oxygen atoms in total. The zero-order valence-electron chi connectivity index (χ0n) is 20.4. The Kier molecular flexibility index (Phi) is 11.1. The molecule has 1 fully saturated rings. The molecule has 1 aliphatic rings. The van der Waals surface area contributed by atoms with Crippen LogP contribution in [-0.2, 0) is 17.8 Å². The predicted octanol–water partition coefficient (Wildman–Crippen LogP) is 9.16. The van der Waals surface area contributed by atoms with Crippen LogP contribution in [0.15, 0.2) is 61.2 Å². The number of benzene rings is 2.